The second kappa shape index (κ2) is 15.8. The summed E-state index contributed by atoms with van der Waals surface area (Å²) in [5, 5.41) is 0. The Morgan fingerprint density at radius 1 is 0.884 bits per heavy atom. The molecule has 6 heteroatoms. The van der Waals surface area contributed by atoms with Crippen LogP contribution in [0.4, 0.5) is 0 Å². The largest absolute Gasteiger partial charge is 0.466 e. The Labute approximate surface area is 255 Å². The molecule has 3 aromatic rings. The number of hydrogen-bond acceptors (Lipinski definition) is 6. The summed E-state index contributed by atoms with van der Waals surface area (Å²) in [6, 6.07) is 27.9. The molecule has 0 N–H and O–H groups in total. The van der Waals surface area contributed by atoms with Gasteiger partial charge in [0.25, 0.3) is 0 Å². The van der Waals surface area contributed by atoms with Gasteiger partial charge in [0, 0.05) is 25.4 Å². The molecule has 5 atom stereocenters. The van der Waals surface area contributed by atoms with Crippen LogP contribution in [0.3, 0.4) is 0 Å². The van der Waals surface area contributed by atoms with E-state index in [1.807, 2.05) is 67.6 Å². The minimum absolute atomic E-state index is 0.0306. The quantitative estimate of drug-likeness (QED) is 0.192. The Morgan fingerprint density at radius 2 is 1.60 bits per heavy atom. The number of carbonyl (C=O) groups excluding carboxylic acids is 2. The predicted molar refractivity (Wildman–Crippen MR) is 166 cm³/mol. The van der Waals surface area contributed by atoms with Crippen LogP contribution >= 0.6 is 0 Å². The molecule has 0 amide bonds. The molecule has 1 saturated carbocycles. The van der Waals surface area contributed by atoms with Gasteiger partial charge >= 0.3 is 11.9 Å². The van der Waals surface area contributed by atoms with Crippen LogP contribution in [0.2, 0.25) is 0 Å². The zero-order valence-electron chi connectivity index (χ0n) is 25.2. The molecule has 2 fully saturated rings. The van der Waals surface area contributed by atoms with E-state index in [4.69, 9.17) is 18.9 Å². The Bertz CT molecular complexity index is 1280. The Balaban J connectivity index is 1.20. The molecule has 1 saturated heterocycles. The summed E-state index contributed by atoms with van der Waals surface area (Å²) in [5.41, 5.74) is 3.85. The fourth-order valence-corrected chi connectivity index (χ4v) is 6.43. The minimum Gasteiger partial charge on any atom is -0.466 e. The summed E-state index contributed by atoms with van der Waals surface area (Å²) >= 11 is 0. The first-order chi connectivity index (χ1) is 21.1. The molecular formula is C37H44O6. The number of fused-ring (bicyclic) bond motifs is 1. The highest BCUT2D eigenvalue weighted by Crippen LogP contribution is 2.43. The Kier molecular flexibility index (Phi) is 11.4. The molecule has 6 nitrogen and oxygen atoms in total. The van der Waals surface area contributed by atoms with Crippen LogP contribution < -0.4 is 0 Å². The smallest absolute Gasteiger partial charge is 0.338 e. The SMILES string of the molecule is CCCOC(=O)CCCC1CCC2C(CC(OC(=O)c3ccc(-c4ccccc4)cc3)C2COCc2ccccc2)OC1. The van der Waals surface area contributed by atoms with Gasteiger partial charge in [0.2, 0.25) is 0 Å². The molecule has 5 unspecified atom stereocenters. The van der Waals surface area contributed by atoms with Crippen LogP contribution in [-0.2, 0) is 30.3 Å². The number of carbonyl (C=O) groups is 2. The lowest BCUT2D eigenvalue weighted by molar-refractivity contribution is -0.143. The number of benzene rings is 3. The van der Waals surface area contributed by atoms with E-state index in [2.05, 4.69) is 24.3 Å². The molecule has 228 valence electrons. The summed E-state index contributed by atoms with van der Waals surface area (Å²) < 4.78 is 24.1. The Morgan fingerprint density at radius 3 is 2.35 bits per heavy atom. The van der Waals surface area contributed by atoms with E-state index in [0.717, 1.165) is 48.8 Å². The standard InChI is InChI=1S/C37H44O6/c1-2-22-41-36(38)15-9-12-28-16-21-32-33(26-40-24-27-10-5-3-6-11-27)35(23-34(32)42-25-28)43-37(39)31-19-17-30(18-20-31)29-13-7-4-8-14-29/h3-8,10-11,13-14,17-20,28,32-35H,2,9,12,15-16,21-26H2,1H3. The van der Waals surface area contributed by atoms with E-state index in [0.29, 0.717) is 50.8 Å². The molecule has 1 heterocycles. The zero-order valence-corrected chi connectivity index (χ0v) is 25.2. The fraction of sp³-hybridized carbons (Fsp3) is 0.459. The molecule has 0 aromatic heterocycles. The highest BCUT2D eigenvalue weighted by molar-refractivity contribution is 5.90. The van der Waals surface area contributed by atoms with E-state index in [1.54, 1.807) is 0 Å². The molecule has 3 aromatic carbocycles. The van der Waals surface area contributed by atoms with Crippen molar-refractivity contribution in [2.45, 2.75) is 70.7 Å². The maximum Gasteiger partial charge on any atom is 0.338 e. The first kappa shape index (κ1) is 31.0. The average Bonchev–Trinajstić information content (AvgIpc) is 3.23. The third kappa shape index (κ3) is 8.77. The number of ether oxygens (including phenoxy) is 4. The van der Waals surface area contributed by atoms with E-state index in [1.165, 1.54) is 0 Å². The Hall–Kier alpha value is -3.48. The van der Waals surface area contributed by atoms with Crippen LogP contribution in [-0.4, -0.2) is 44.0 Å². The lowest BCUT2D eigenvalue weighted by atomic mass is 9.87. The highest BCUT2D eigenvalue weighted by atomic mass is 16.6. The molecule has 0 spiro atoms. The minimum atomic E-state index is -0.304. The normalized spacial score (nSPS) is 23.2. The van der Waals surface area contributed by atoms with Gasteiger partial charge < -0.3 is 18.9 Å². The second-order valence-electron chi connectivity index (χ2n) is 11.9. The van der Waals surface area contributed by atoms with Gasteiger partial charge in [0.15, 0.2) is 0 Å². The van der Waals surface area contributed by atoms with Crippen molar-refractivity contribution < 1.29 is 28.5 Å². The van der Waals surface area contributed by atoms with Gasteiger partial charge in [0.05, 0.1) is 31.5 Å². The van der Waals surface area contributed by atoms with Gasteiger partial charge in [-0.1, -0.05) is 79.7 Å². The van der Waals surface area contributed by atoms with Crippen molar-refractivity contribution in [2.75, 3.05) is 19.8 Å². The van der Waals surface area contributed by atoms with Crippen LogP contribution in [0.15, 0.2) is 84.9 Å². The van der Waals surface area contributed by atoms with Crippen LogP contribution in [0.25, 0.3) is 11.1 Å². The molecule has 0 bridgehead atoms. The van der Waals surface area contributed by atoms with Crippen LogP contribution in [0, 0.1) is 17.8 Å². The fourth-order valence-electron chi connectivity index (χ4n) is 6.43. The van der Waals surface area contributed by atoms with Crippen molar-refractivity contribution in [3.8, 4) is 11.1 Å². The van der Waals surface area contributed by atoms with Crippen molar-refractivity contribution >= 4 is 11.9 Å². The van der Waals surface area contributed by atoms with Crippen molar-refractivity contribution in [1.29, 1.82) is 0 Å². The van der Waals surface area contributed by atoms with Crippen LogP contribution in [0.1, 0.15) is 67.8 Å². The first-order valence-electron chi connectivity index (χ1n) is 15.9. The van der Waals surface area contributed by atoms with E-state index >= 15 is 0 Å². The molecule has 5 rings (SSSR count). The first-order valence-corrected chi connectivity index (χ1v) is 15.9. The summed E-state index contributed by atoms with van der Waals surface area (Å²) in [5.74, 6) is 0.322. The lowest BCUT2D eigenvalue weighted by Crippen LogP contribution is -2.30. The second-order valence-corrected chi connectivity index (χ2v) is 11.9. The lowest BCUT2D eigenvalue weighted by Gasteiger charge is -2.25. The molecule has 1 aliphatic carbocycles. The zero-order chi connectivity index (χ0) is 29.9. The molecular weight excluding hydrogens is 540 g/mol. The summed E-state index contributed by atoms with van der Waals surface area (Å²) in [6.07, 6.45) is 5.54. The van der Waals surface area contributed by atoms with Crippen molar-refractivity contribution in [2.24, 2.45) is 17.8 Å². The number of rotatable bonds is 13. The van der Waals surface area contributed by atoms with Crippen LogP contribution in [0.5, 0.6) is 0 Å². The van der Waals surface area contributed by atoms with Gasteiger partial charge in [-0.2, -0.15) is 0 Å². The molecule has 2 aliphatic rings. The third-order valence-corrected chi connectivity index (χ3v) is 8.79. The summed E-state index contributed by atoms with van der Waals surface area (Å²) in [7, 11) is 0. The highest BCUT2D eigenvalue weighted by Gasteiger charge is 2.47. The van der Waals surface area contributed by atoms with Gasteiger partial charge in [0.1, 0.15) is 6.10 Å². The van der Waals surface area contributed by atoms with E-state index in [-0.39, 0.29) is 36.0 Å². The maximum absolute atomic E-state index is 13.3. The summed E-state index contributed by atoms with van der Waals surface area (Å²) in [6.45, 7) is 4.20. The molecule has 0 radical (unpaired) electrons. The van der Waals surface area contributed by atoms with Crippen molar-refractivity contribution in [1.82, 2.24) is 0 Å². The number of esters is 2. The van der Waals surface area contributed by atoms with Gasteiger partial charge in [-0.25, -0.2) is 4.79 Å². The number of hydrogen-bond donors (Lipinski definition) is 0. The topological polar surface area (TPSA) is 71.1 Å². The van der Waals surface area contributed by atoms with Crippen molar-refractivity contribution in [3.05, 3.63) is 96.1 Å². The average molecular weight is 585 g/mol. The van der Waals surface area contributed by atoms with E-state index < -0.39 is 0 Å². The van der Waals surface area contributed by atoms with Gasteiger partial charge in [-0.3, -0.25) is 4.79 Å². The van der Waals surface area contributed by atoms with E-state index in [9.17, 15) is 9.59 Å². The van der Waals surface area contributed by atoms with Gasteiger partial charge in [-0.05, 0) is 72.8 Å². The predicted octanol–water partition coefficient (Wildman–Crippen LogP) is 7.65. The third-order valence-electron chi connectivity index (χ3n) is 8.79. The van der Waals surface area contributed by atoms with Gasteiger partial charge in [-0.15, -0.1) is 0 Å². The monoisotopic (exact) mass is 584 g/mol. The molecule has 1 aliphatic heterocycles. The molecule has 43 heavy (non-hydrogen) atoms. The van der Waals surface area contributed by atoms with Crippen molar-refractivity contribution in [3.63, 3.8) is 0 Å². The maximum atomic E-state index is 13.3. The summed E-state index contributed by atoms with van der Waals surface area (Å²) in [4.78, 5) is 25.2.